The van der Waals surface area contributed by atoms with E-state index < -0.39 is 0 Å². The van der Waals surface area contributed by atoms with Crippen LogP contribution in [0.5, 0.6) is 0 Å². The van der Waals surface area contributed by atoms with E-state index in [0.29, 0.717) is 3.92 Å². The summed E-state index contributed by atoms with van der Waals surface area (Å²) in [6.45, 7) is 6.28. The Balaban J connectivity index is 3.62. The molecule has 2 N–H and O–H groups in total. The average molecular weight is 227 g/mol. The summed E-state index contributed by atoms with van der Waals surface area (Å²) in [5.74, 6) is 0. The molecule has 0 aromatic heterocycles. The zero-order valence-electron chi connectivity index (χ0n) is 5.74. The van der Waals surface area contributed by atoms with Gasteiger partial charge in [-0.2, -0.15) is 0 Å². The summed E-state index contributed by atoms with van der Waals surface area (Å²) in [5, 5.41) is 0. The Kier molecular flexibility index (Phi) is 3.27. The van der Waals surface area contributed by atoms with E-state index >= 15 is 0 Å². The van der Waals surface area contributed by atoms with E-state index in [1.807, 2.05) is 0 Å². The molecule has 0 aromatic carbocycles. The third-order valence-electron chi connectivity index (χ3n) is 1.17. The van der Waals surface area contributed by atoms with Gasteiger partial charge >= 0.3 is 0 Å². The van der Waals surface area contributed by atoms with Crippen molar-refractivity contribution in [3.63, 3.8) is 0 Å². The predicted octanol–water partition coefficient (Wildman–Crippen LogP) is 1.94. The minimum absolute atomic E-state index is 0.00465. The van der Waals surface area contributed by atoms with Crippen LogP contribution in [-0.2, 0) is 0 Å². The Morgan fingerprint density at radius 2 is 2.00 bits per heavy atom. The second-order valence-corrected chi connectivity index (χ2v) is 4.20. The highest BCUT2D eigenvalue weighted by molar-refractivity contribution is 14.1. The first-order valence-electron chi connectivity index (χ1n) is 2.91. The smallest absolute Gasteiger partial charge is 0.0282 e. The Hall–Kier alpha value is 0.690. The predicted molar refractivity (Wildman–Crippen MR) is 46.4 cm³/mol. The largest absolute Gasteiger partial charge is 0.325 e. The molecule has 0 heterocycles. The van der Waals surface area contributed by atoms with Crippen LogP contribution in [0.1, 0.15) is 27.2 Å². The lowest BCUT2D eigenvalue weighted by Gasteiger charge is -2.23. The van der Waals surface area contributed by atoms with Crippen molar-refractivity contribution >= 4 is 22.6 Å². The minimum atomic E-state index is -0.00465. The van der Waals surface area contributed by atoms with E-state index in [1.165, 1.54) is 0 Å². The molecule has 0 spiro atoms. The van der Waals surface area contributed by atoms with Crippen LogP contribution in [0.4, 0.5) is 0 Å². The highest BCUT2D eigenvalue weighted by Gasteiger charge is 2.19. The Bertz CT molecular complexity index is 65.4. The van der Waals surface area contributed by atoms with Crippen molar-refractivity contribution in [3.8, 4) is 0 Å². The molecular weight excluding hydrogens is 213 g/mol. The van der Waals surface area contributed by atoms with Crippen LogP contribution in [0.2, 0.25) is 0 Å². The van der Waals surface area contributed by atoms with Crippen LogP contribution in [0.25, 0.3) is 0 Å². The first-order chi connectivity index (χ1) is 3.48. The number of nitrogens with two attached hydrogens (primary N) is 1. The molecule has 0 bridgehead atoms. The fourth-order valence-electron chi connectivity index (χ4n) is 0.526. The molecular formula is C6H14IN. The van der Waals surface area contributed by atoms with Crippen molar-refractivity contribution in [2.45, 2.75) is 36.7 Å². The second kappa shape index (κ2) is 3.01. The highest BCUT2D eigenvalue weighted by atomic mass is 127. The lowest BCUT2D eigenvalue weighted by atomic mass is 10.0. The van der Waals surface area contributed by atoms with Gasteiger partial charge in [0, 0.05) is 9.46 Å². The maximum Gasteiger partial charge on any atom is 0.0282 e. The zero-order chi connectivity index (χ0) is 6.78. The number of alkyl halides is 1. The first-order valence-corrected chi connectivity index (χ1v) is 4.16. The van der Waals surface area contributed by atoms with Gasteiger partial charge in [0.2, 0.25) is 0 Å². The van der Waals surface area contributed by atoms with Crippen LogP contribution >= 0.6 is 22.6 Å². The Labute approximate surface area is 65.2 Å². The normalized spacial score (nSPS) is 16.1. The van der Waals surface area contributed by atoms with Crippen molar-refractivity contribution in [2.24, 2.45) is 5.73 Å². The van der Waals surface area contributed by atoms with Crippen LogP contribution in [0.3, 0.4) is 0 Å². The fraction of sp³-hybridized carbons (Fsp3) is 1.00. The van der Waals surface area contributed by atoms with Gasteiger partial charge in [0.05, 0.1) is 0 Å². The fourth-order valence-corrected chi connectivity index (χ4v) is 0.526. The summed E-state index contributed by atoms with van der Waals surface area (Å²) in [6, 6.07) is 0. The van der Waals surface area contributed by atoms with Crippen molar-refractivity contribution in [2.75, 3.05) is 0 Å². The molecule has 0 saturated heterocycles. The molecule has 2 heteroatoms. The van der Waals surface area contributed by atoms with Gasteiger partial charge in [-0.25, -0.2) is 0 Å². The van der Waals surface area contributed by atoms with Crippen LogP contribution in [0.15, 0.2) is 0 Å². The number of halogens is 1. The summed E-state index contributed by atoms with van der Waals surface area (Å²) in [7, 11) is 0. The van der Waals surface area contributed by atoms with Gasteiger partial charge in [-0.05, 0) is 20.3 Å². The quantitative estimate of drug-likeness (QED) is 0.566. The SMILES string of the molecule is CCC(I)C(C)(C)N. The summed E-state index contributed by atoms with van der Waals surface area (Å²) in [6.07, 6.45) is 1.16. The maximum atomic E-state index is 5.78. The average Bonchev–Trinajstić information content (AvgIpc) is 1.62. The molecule has 1 unspecified atom stereocenters. The van der Waals surface area contributed by atoms with Crippen molar-refractivity contribution in [3.05, 3.63) is 0 Å². The van der Waals surface area contributed by atoms with E-state index in [2.05, 4.69) is 43.4 Å². The lowest BCUT2D eigenvalue weighted by Crippen LogP contribution is -2.41. The number of rotatable bonds is 2. The van der Waals surface area contributed by atoms with Crippen molar-refractivity contribution < 1.29 is 0 Å². The maximum absolute atomic E-state index is 5.78. The molecule has 0 fully saturated rings. The summed E-state index contributed by atoms with van der Waals surface area (Å²) >= 11 is 2.39. The first kappa shape index (κ1) is 8.69. The molecule has 50 valence electrons. The van der Waals surface area contributed by atoms with Crippen molar-refractivity contribution in [1.82, 2.24) is 0 Å². The van der Waals surface area contributed by atoms with E-state index in [4.69, 9.17) is 5.73 Å². The molecule has 0 amide bonds. The molecule has 0 aromatic rings. The van der Waals surface area contributed by atoms with Crippen LogP contribution < -0.4 is 5.73 Å². The van der Waals surface area contributed by atoms with Gasteiger partial charge in [-0.1, -0.05) is 29.5 Å². The standard InChI is InChI=1S/C6H14IN/c1-4-5(7)6(2,3)8/h5H,4,8H2,1-3H3. The van der Waals surface area contributed by atoms with Gasteiger partial charge in [0.25, 0.3) is 0 Å². The number of hydrogen-bond acceptors (Lipinski definition) is 1. The van der Waals surface area contributed by atoms with Crippen LogP contribution in [-0.4, -0.2) is 9.46 Å². The van der Waals surface area contributed by atoms with Gasteiger partial charge in [-0.15, -0.1) is 0 Å². The van der Waals surface area contributed by atoms with Crippen LogP contribution in [0, 0.1) is 0 Å². The van der Waals surface area contributed by atoms with Gasteiger partial charge in [-0.3, -0.25) is 0 Å². The highest BCUT2D eigenvalue weighted by Crippen LogP contribution is 2.17. The topological polar surface area (TPSA) is 26.0 Å². The molecule has 0 aliphatic rings. The van der Waals surface area contributed by atoms with Crippen molar-refractivity contribution in [1.29, 1.82) is 0 Å². The summed E-state index contributed by atoms with van der Waals surface area (Å²) in [5.41, 5.74) is 5.78. The molecule has 1 atom stereocenters. The second-order valence-electron chi connectivity index (χ2n) is 2.70. The molecule has 0 aliphatic carbocycles. The lowest BCUT2D eigenvalue weighted by molar-refractivity contribution is 0.499. The van der Waals surface area contributed by atoms with E-state index in [0.717, 1.165) is 6.42 Å². The minimum Gasteiger partial charge on any atom is -0.325 e. The third kappa shape index (κ3) is 2.87. The summed E-state index contributed by atoms with van der Waals surface area (Å²) in [4.78, 5) is 0. The molecule has 0 rings (SSSR count). The zero-order valence-corrected chi connectivity index (χ0v) is 7.90. The monoisotopic (exact) mass is 227 g/mol. The molecule has 0 saturated carbocycles. The third-order valence-corrected chi connectivity index (χ3v) is 3.65. The molecule has 0 radical (unpaired) electrons. The molecule has 1 nitrogen and oxygen atoms in total. The van der Waals surface area contributed by atoms with E-state index in [-0.39, 0.29) is 5.54 Å². The van der Waals surface area contributed by atoms with Gasteiger partial charge in [0.1, 0.15) is 0 Å². The summed E-state index contributed by atoms with van der Waals surface area (Å²) < 4.78 is 0.597. The Morgan fingerprint density at radius 3 is 2.00 bits per heavy atom. The Morgan fingerprint density at radius 1 is 1.62 bits per heavy atom. The number of hydrogen-bond donors (Lipinski definition) is 1. The van der Waals surface area contributed by atoms with Gasteiger partial charge in [0.15, 0.2) is 0 Å². The van der Waals surface area contributed by atoms with E-state index in [9.17, 15) is 0 Å². The molecule has 0 aliphatic heterocycles. The van der Waals surface area contributed by atoms with E-state index in [1.54, 1.807) is 0 Å². The van der Waals surface area contributed by atoms with Gasteiger partial charge < -0.3 is 5.73 Å². The molecule has 8 heavy (non-hydrogen) atoms.